The molecule has 0 aliphatic carbocycles. The molecule has 6 aliphatic rings. The van der Waals surface area contributed by atoms with E-state index in [9.17, 15) is 4.79 Å². The number of hydrogen-bond donors (Lipinski definition) is 0. The van der Waals surface area contributed by atoms with Gasteiger partial charge in [0.15, 0.2) is 0 Å². The molecule has 5 saturated heterocycles. The lowest BCUT2D eigenvalue weighted by Crippen LogP contribution is -2.32. The molecular formula is C34H61N5O5. The van der Waals surface area contributed by atoms with Crippen LogP contribution in [0.5, 0.6) is 0 Å². The molecule has 0 saturated carbocycles. The van der Waals surface area contributed by atoms with Crippen LogP contribution < -0.4 is 0 Å². The number of likely N-dealkylation sites (tertiary alicyclic amines) is 1. The average Bonchev–Trinajstić information content (AvgIpc) is 3.95. The second kappa shape index (κ2) is 30.3. The van der Waals surface area contributed by atoms with E-state index in [1.165, 1.54) is 51.6 Å². The Labute approximate surface area is 268 Å². The van der Waals surface area contributed by atoms with Crippen LogP contribution in [0.15, 0.2) is 53.7 Å². The molecule has 2 unspecified atom stereocenters. The zero-order valence-corrected chi connectivity index (χ0v) is 29.0. The first kappa shape index (κ1) is 43.4. The van der Waals surface area contributed by atoms with Gasteiger partial charge in [0.25, 0.3) is 0 Å². The number of epoxide rings is 1. The summed E-state index contributed by atoms with van der Waals surface area (Å²) in [6, 6.07) is 10.0. The van der Waals surface area contributed by atoms with E-state index in [1.54, 1.807) is 13.0 Å². The van der Waals surface area contributed by atoms with Crippen LogP contribution in [0.4, 0.5) is 0 Å². The minimum atomic E-state index is -0.181. The largest absolute Gasteiger partial charge is 0.458 e. The van der Waals surface area contributed by atoms with E-state index in [0.29, 0.717) is 18.8 Å². The Hall–Kier alpha value is -2.72. The number of benzene rings is 1. The van der Waals surface area contributed by atoms with Crippen molar-refractivity contribution < 1.29 is 23.7 Å². The lowest BCUT2D eigenvalue weighted by Gasteiger charge is -2.24. The lowest BCUT2D eigenvalue weighted by molar-refractivity contribution is -0.135. The van der Waals surface area contributed by atoms with Gasteiger partial charge in [-0.25, -0.2) is 4.79 Å². The zero-order chi connectivity index (χ0) is 33.6. The Morgan fingerprint density at radius 1 is 0.955 bits per heavy atom. The third-order valence-corrected chi connectivity index (χ3v) is 6.03. The predicted molar refractivity (Wildman–Crippen MR) is 183 cm³/mol. The fourth-order valence-electron chi connectivity index (χ4n) is 2.41. The highest BCUT2D eigenvalue weighted by molar-refractivity contribution is 5.89. The number of carbonyl (C=O) groups is 1. The molecular weight excluding hydrogens is 558 g/mol. The number of hydrogen-bond acceptors (Lipinski definition) is 8. The number of cyclic esters (lactones) is 1. The second-order valence-electron chi connectivity index (χ2n) is 10.6. The normalized spacial score (nSPS) is 21.1. The van der Waals surface area contributed by atoms with E-state index in [4.69, 9.17) is 19.7 Å². The van der Waals surface area contributed by atoms with Gasteiger partial charge in [-0.3, -0.25) is 0 Å². The SMILES string of the molecule is C=Cc1ccccc1.CC.CC1=CCOC1=O.CC1CCO1.CC1CO1.CC1COC1.CN1CC1.CN1CCC1.CN=[N+]=[N-]. The van der Waals surface area contributed by atoms with E-state index >= 15 is 0 Å². The summed E-state index contributed by atoms with van der Waals surface area (Å²) in [5.74, 6) is 0.662. The van der Waals surface area contributed by atoms with Gasteiger partial charge in [0.2, 0.25) is 0 Å². The fourth-order valence-corrected chi connectivity index (χ4v) is 2.41. The molecule has 0 aromatic heterocycles. The topological polar surface area (TPSA) is 112 Å². The number of esters is 1. The van der Waals surface area contributed by atoms with Gasteiger partial charge in [-0.05, 0) is 78.0 Å². The van der Waals surface area contributed by atoms with Crippen molar-refractivity contribution in [2.24, 2.45) is 11.0 Å². The fraction of sp³-hybridized carbons (Fsp3) is 0.676. The molecule has 252 valence electrons. The van der Waals surface area contributed by atoms with E-state index in [-0.39, 0.29) is 5.97 Å². The summed E-state index contributed by atoms with van der Waals surface area (Å²) in [6.45, 7) is 25.4. The Bertz CT molecular complexity index is 850. The molecule has 10 heteroatoms. The monoisotopic (exact) mass is 619 g/mol. The van der Waals surface area contributed by atoms with Crippen molar-refractivity contribution in [2.45, 2.75) is 66.6 Å². The van der Waals surface area contributed by atoms with Gasteiger partial charge in [0.1, 0.15) is 6.61 Å². The second-order valence-corrected chi connectivity index (χ2v) is 10.6. The summed E-state index contributed by atoms with van der Waals surface area (Å²) in [4.78, 5) is 17.2. The van der Waals surface area contributed by atoms with Crippen LogP contribution in [0.25, 0.3) is 16.5 Å². The molecule has 0 spiro atoms. The van der Waals surface area contributed by atoms with E-state index < -0.39 is 0 Å². The van der Waals surface area contributed by atoms with Crippen LogP contribution in [-0.4, -0.2) is 108 Å². The first-order valence-electron chi connectivity index (χ1n) is 15.7. The van der Waals surface area contributed by atoms with Crippen molar-refractivity contribution in [3.8, 4) is 0 Å². The number of rotatable bonds is 1. The summed E-state index contributed by atoms with van der Waals surface area (Å²) in [6.07, 6.45) is 7.42. The number of azide groups is 1. The number of carbonyl (C=O) groups excluding carboxylic acids is 1. The molecule has 1 aromatic carbocycles. The Morgan fingerprint density at radius 3 is 1.45 bits per heavy atom. The molecule has 5 fully saturated rings. The summed E-state index contributed by atoms with van der Waals surface area (Å²) in [7, 11) is 5.64. The molecule has 44 heavy (non-hydrogen) atoms. The van der Waals surface area contributed by atoms with Crippen LogP contribution in [0, 0.1) is 5.92 Å². The predicted octanol–water partition coefficient (Wildman–Crippen LogP) is 6.88. The Balaban J connectivity index is 0. The molecule has 2 atom stereocenters. The van der Waals surface area contributed by atoms with Crippen LogP contribution in [0.2, 0.25) is 0 Å². The van der Waals surface area contributed by atoms with Gasteiger partial charge < -0.3 is 28.7 Å². The van der Waals surface area contributed by atoms with Crippen molar-refractivity contribution >= 4 is 12.0 Å². The molecule has 6 heterocycles. The maximum Gasteiger partial charge on any atom is 0.333 e. The van der Waals surface area contributed by atoms with Gasteiger partial charge >= 0.3 is 5.97 Å². The summed E-state index contributed by atoms with van der Waals surface area (Å²) < 4.78 is 19.0. The highest BCUT2D eigenvalue weighted by Crippen LogP contribution is 2.07. The number of nitrogens with zero attached hydrogens (tertiary/aromatic N) is 5. The summed E-state index contributed by atoms with van der Waals surface area (Å²) >= 11 is 0. The third kappa shape index (κ3) is 32.2. The van der Waals surface area contributed by atoms with Crippen LogP contribution in [0.1, 0.15) is 59.9 Å². The Morgan fingerprint density at radius 2 is 1.36 bits per heavy atom. The van der Waals surface area contributed by atoms with Crippen molar-refractivity contribution in [1.29, 1.82) is 0 Å². The molecule has 0 bridgehead atoms. The minimum Gasteiger partial charge on any atom is -0.458 e. The standard InChI is InChI=1S/C8H8.C5H6O2.C4H9N.2C4H8O.C3H7N.C3H6O.C2H6.CH3N3/c1-2-8-6-4-3-5-7-8;1-4-2-3-7-5(4)6;1-5-3-2-4-5;1-4-2-5-3-4;1-4-2-3-5-4;1-4-2-3-4;1-3-2-4-3;1-2;1-3-4-2/h2-7H,1H2;2H,3H2,1H3;2-4H2,1H3;2*4H,2-3H2,1H3;2-3H2,1H3;3H,2H2,1H3;1-2H3;1H3. The van der Waals surface area contributed by atoms with Crippen molar-refractivity contribution in [1.82, 2.24) is 9.80 Å². The molecule has 6 aliphatic heterocycles. The van der Waals surface area contributed by atoms with Crippen LogP contribution in [-0.2, 0) is 23.7 Å². The zero-order valence-electron chi connectivity index (χ0n) is 29.0. The quantitative estimate of drug-likeness (QED) is 0.111. The van der Waals surface area contributed by atoms with Crippen molar-refractivity contribution in [3.05, 3.63) is 64.6 Å². The van der Waals surface area contributed by atoms with Gasteiger partial charge in [0, 0.05) is 43.1 Å². The summed E-state index contributed by atoms with van der Waals surface area (Å²) in [5, 5.41) is 2.92. The highest BCUT2D eigenvalue weighted by Gasteiger charge is 2.13. The number of ether oxygens (including phenoxy) is 4. The maximum atomic E-state index is 10.3. The van der Waals surface area contributed by atoms with E-state index in [0.717, 1.165) is 37.9 Å². The van der Waals surface area contributed by atoms with Gasteiger partial charge in [-0.15, -0.1) is 0 Å². The third-order valence-electron chi connectivity index (χ3n) is 6.03. The van der Waals surface area contributed by atoms with Gasteiger partial charge in [0.05, 0.1) is 32.0 Å². The Kier molecular flexibility index (Phi) is 29.9. The van der Waals surface area contributed by atoms with Crippen LogP contribution in [0.3, 0.4) is 0 Å². The number of likely N-dealkylation sites (N-methyl/N-ethyl adjacent to an activating group) is 1. The molecule has 10 nitrogen and oxygen atoms in total. The first-order chi connectivity index (χ1) is 21.1. The smallest absolute Gasteiger partial charge is 0.333 e. The highest BCUT2D eigenvalue weighted by atomic mass is 16.6. The van der Waals surface area contributed by atoms with Crippen molar-refractivity contribution in [3.63, 3.8) is 0 Å². The van der Waals surface area contributed by atoms with Crippen molar-refractivity contribution in [2.75, 3.05) is 80.4 Å². The minimum absolute atomic E-state index is 0.181. The molecule has 0 N–H and O–H groups in total. The maximum absolute atomic E-state index is 10.3. The molecule has 7 rings (SSSR count). The van der Waals surface area contributed by atoms with E-state index in [1.807, 2.05) is 50.3 Å². The first-order valence-corrected chi connectivity index (χ1v) is 15.7. The molecule has 1 aromatic rings. The average molecular weight is 620 g/mol. The van der Waals surface area contributed by atoms with Gasteiger partial charge in [-0.1, -0.05) is 68.9 Å². The molecule has 0 radical (unpaired) electrons. The van der Waals surface area contributed by atoms with Gasteiger partial charge in [-0.2, -0.15) is 0 Å². The van der Waals surface area contributed by atoms with Crippen LogP contribution >= 0.6 is 0 Å². The van der Waals surface area contributed by atoms with E-state index in [2.05, 4.69) is 66.0 Å². The lowest BCUT2D eigenvalue weighted by atomic mass is 10.2. The summed E-state index contributed by atoms with van der Waals surface area (Å²) in [5.41, 5.74) is 9.23. The molecule has 0 amide bonds.